The first kappa shape index (κ1) is 23.3. The van der Waals surface area contributed by atoms with Crippen LogP contribution in [0.3, 0.4) is 0 Å². The van der Waals surface area contributed by atoms with E-state index in [0.29, 0.717) is 41.5 Å². The summed E-state index contributed by atoms with van der Waals surface area (Å²) < 4.78 is 15.7. The highest BCUT2D eigenvalue weighted by Gasteiger charge is 2.44. The number of fused-ring (bicyclic) bond motifs is 1. The van der Waals surface area contributed by atoms with Crippen LogP contribution in [0.2, 0.25) is 0 Å². The summed E-state index contributed by atoms with van der Waals surface area (Å²) in [7, 11) is 4.79. The summed E-state index contributed by atoms with van der Waals surface area (Å²) in [5.74, 6) is 0.423. The van der Waals surface area contributed by atoms with Crippen LogP contribution in [0.15, 0.2) is 72.8 Å². The van der Waals surface area contributed by atoms with E-state index in [4.69, 9.17) is 14.2 Å². The maximum Gasteiger partial charge on any atom is 0.259 e. The van der Waals surface area contributed by atoms with E-state index < -0.39 is 12.0 Å². The minimum atomic E-state index is -0.624. The fraction of sp³-hybridized carbons (Fsp3) is 0.259. The van der Waals surface area contributed by atoms with E-state index in [2.05, 4.69) is 5.32 Å². The molecule has 0 fully saturated rings. The lowest BCUT2D eigenvalue weighted by molar-refractivity contribution is -0.123. The summed E-state index contributed by atoms with van der Waals surface area (Å²) in [5, 5.41) is 2.97. The first-order valence-corrected chi connectivity index (χ1v) is 11.1. The van der Waals surface area contributed by atoms with Gasteiger partial charge < -0.3 is 19.5 Å². The molecule has 3 aromatic rings. The molecule has 3 aromatic carbocycles. The molecule has 0 aromatic heterocycles. The number of ether oxygens (including phenoxy) is 3. The molecule has 4 rings (SSSR count). The molecule has 0 aliphatic carbocycles. The lowest BCUT2D eigenvalue weighted by Gasteiger charge is -2.42. The van der Waals surface area contributed by atoms with Crippen molar-refractivity contribution in [3.63, 3.8) is 0 Å². The van der Waals surface area contributed by atoms with Gasteiger partial charge in [-0.2, -0.15) is 0 Å². The van der Waals surface area contributed by atoms with E-state index in [0.717, 1.165) is 5.56 Å². The van der Waals surface area contributed by atoms with E-state index in [9.17, 15) is 9.59 Å². The maximum atomic E-state index is 13.8. The number of amides is 2. The molecule has 1 aliphatic heterocycles. The second-order valence-electron chi connectivity index (χ2n) is 7.94. The van der Waals surface area contributed by atoms with Crippen molar-refractivity contribution in [2.75, 3.05) is 39.4 Å². The Bertz CT molecular complexity index is 1140. The van der Waals surface area contributed by atoms with Gasteiger partial charge in [-0.3, -0.25) is 14.5 Å². The van der Waals surface area contributed by atoms with Gasteiger partial charge in [0.1, 0.15) is 11.5 Å². The average Bonchev–Trinajstić information content (AvgIpc) is 2.89. The van der Waals surface area contributed by atoms with E-state index in [1.807, 2.05) is 66.7 Å². The minimum Gasteiger partial charge on any atom is -0.497 e. The highest BCUT2D eigenvalue weighted by atomic mass is 16.5. The van der Waals surface area contributed by atoms with Crippen molar-refractivity contribution in [3.05, 3.63) is 89.5 Å². The Hall–Kier alpha value is -3.84. The van der Waals surface area contributed by atoms with Crippen molar-refractivity contribution in [2.24, 2.45) is 0 Å². The molecule has 1 aliphatic rings. The molecule has 7 nitrogen and oxygen atoms in total. The molecule has 7 heteroatoms. The number of hydrogen-bond acceptors (Lipinski definition) is 5. The Morgan fingerprint density at radius 3 is 2.12 bits per heavy atom. The van der Waals surface area contributed by atoms with Gasteiger partial charge in [0.25, 0.3) is 5.91 Å². The number of rotatable bonds is 8. The van der Waals surface area contributed by atoms with Gasteiger partial charge in [-0.15, -0.1) is 0 Å². The second-order valence-corrected chi connectivity index (χ2v) is 7.94. The molecule has 0 radical (unpaired) electrons. The third kappa shape index (κ3) is 4.47. The molecule has 1 heterocycles. The zero-order chi connectivity index (χ0) is 24.1. The highest BCUT2D eigenvalue weighted by molar-refractivity contribution is 6.11. The standard InChI is InChI=1S/C27H28N2O5/c1-32-17-16-28-26(30)24-22-6-4-5-7-23(22)27(31)29(19-10-14-21(34-3)15-11-19)25(24)18-8-12-20(33-2)13-9-18/h4-15,24-25H,16-17H2,1-3H3,(H,28,30). The number of carbonyl (C=O) groups excluding carboxylic acids is 2. The summed E-state index contributed by atoms with van der Waals surface area (Å²) in [6.45, 7) is 0.772. The third-order valence-corrected chi connectivity index (χ3v) is 6.03. The van der Waals surface area contributed by atoms with Crippen LogP contribution in [-0.4, -0.2) is 46.3 Å². The predicted molar refractivity (Wildman–Crippen MR) is 130 cm³/mol. The fourth-order valence-corrected chi connectivity index (χ4v) is 4.37. The molecule has 1 N–H and O–H groups in total. The zero-order valence-corrected chi connectivity index (χ0v) is 19.5. The Morgan fingerprint density at radius 2 is 1.50 bits per heavy atom. The van der Waals surface area contributed by atoms with Crippen LogP contribution in [0, 0.1) is 0 Å². The van der Waals surface area contributed by atoms with Gasteiger partial charge in [-0.25, -0.2) is 0 Å². The van der Waals surface area contributed by atoms with Gasteiger partial charge >= 0.3 is 0 Å². The Balaban J connectivity index is 1.88. The lowest BCUT2D eigenvalue weighted by Crippen LogP contribution is -2.48. The zero-order valence-electron chi connectivity index (χ0n) is 19.5. The van der Waals surface area contributed by atoms with E-state index in [-0.39, 0.29) is 11.8 Å². The first-order valence-electron chi connectivity index (χ1n) is 11.1. The van der Waals surface area contributed by atoms with Gasteiger partial charge in [-0.05, 0) is 53.6 Å². The lowest BCUT2D eigenvalue weighted by atomic mass is 9.78. The summed E-state index contributed by atoms with van der Waals surface area (Å²) in [5.41, 5.74) is 2.71. The van der Waals surface area contributed by atoms with Crippen molar-refractivity contribution in [1.29, 1.82) is 0 Å². The smallest absolute Gasteiger partial charge is 0.259 e. The second kappa shape index (κ2) is 10.4. The molecule has 0 bridgehead atoms. The molecule has 0 saturated heterocycles. The van der Waals surface area contributed by atoms with Crippen LogP contribution in [0.25, 0.3) is 0 Å². The summed E-state index contributed by atoms with van der Waals surface area (Å²) in [6.07, 6.45) is 0. The van der Waals surface area contributed by atoms with Crippen LogP contribution in [0.4, 0.5) is 5.69 Å². The Kier molecular flexibility index (Phi) is 7.13. The van der Waals surface area contributed by atoms with E-state index in [1.54, 1.807) is 32.3 Å². The van der Waals surface area contributed by atoms with Crippen LogP contribution in [0.1, 0.15) is 33.4 Å². The highest BCUT2D eigenvalue weighted by Crippen LogP contribution is 2.45. The van der Waals surface area contributed by atoms with Crippen LogP contribution < -0.4 is 19.7 Å². The molecule has 0 spiro atoms. The summed E-state index contributed by atoms with van der Waals surface area (Å²) in [6, 6.07) is 21.5. The molecular weight excluding hydrogens is 432 g/mol. The van der Waals surface area contributed by atoms with Crippen molar-refractivity contribution in [2.45, 2.75) is 12.0 Å². The van der Waals surface area contributed by atoms with Crippen molar-refractivity contribution >= 4 is 17.5 Å². The Morgan fingerprint density at radius 1 is 0.882 bits per heavy atom. The number of carbonyl (C=O) groups is 2. The molecule has 2 unspecified atom stereocenters. The number of benzene rings is 3. The largest absolute Gasteiger partial charge is 0.497 e. The minimum absolute atomic E-state index is 0.164. The number of nitrogens with one attached hydrogen (secondary N) is 1. The van der Waals surface area contributed by atoms with Gasteiger partial charge in [0.05, 0.1) is 32.8 Å². The molecule has 0 saturated carbocycles. The number of anilines is 1. The molecule has 2 atom stereocenters. The van der Waals surface area contributed by atoms with E-state index in [1.165, 1.54) is 0 Å². The average molecular weight is 461 g/mol. The fourth-order valence-electron chi connectivity index (χ4n) is 4.37. The van der Waals surface area contributed by atoms with Gasteiger partial charge in [0, 0.05) is 24.9 Å². The number of methoxy groups -OCH3 is 3. The first-order chi connectivity index (χ1) is 16.6. The normalized spacial score (nSPS) is 17.1. The van der Waals surface area contributed by atoms with Gasteiger partial charge in [0.15, 0.2) is 0 Å². The van der Waals surface area contributed by atoms with Crippen LogP contribution >= 0.6 is 0 Å². The summed E-state index contributed by atoms with van der Waals surface area (Å²) >= 11 is 0. The topological polar surface area (TPSA) is 77.1 Å². The molecule has 176 valence electrons. The third-order valence-electron chi connectivity index (χ3n) is 6.03. The monoisotopic (exact) mass is 460 g/mol. The summed E-state index contributed by atoms with van der Waals surface area (Å²) in [4.78, 5) is 29.1. The van der Waals surface area contributed by atoms with Gasteiger partial charge in [-0.1, -0.05) is 30.3 Å². The predicted octanol–water partition coefficient (Wildman–Crippen LogP) is 3.95. The maximum absolute atomic E-state index is 13.8. The quantitative estimate of drug-likeness (QED) is 0.515. The van der Waals surface area contributed by atoms with Crippen LogP contribution in [-0.2, 0) is 9.53 Å². The van der Waals surface area contributed by atoms with Crippen molar-refractivity contribution < 1.29 is 23.8 Å². The van der Waals surface area contributed by atoms with Crippen LogP contribution in [0.5, 0.6) is 11.5 Å². The SMILES string of the molecule is COCCNC(=O)C1c2ccccc2C(=O)N(c2ccc(OC)cc2)C1c1ccc(OC)cc1. The Labute approximate surface area is 199 Å². The number of hydrogen-bond donors (Lipinski definition) is 1. The molecule has 34 heavy (non-hydrogen) atoms. The number of nitrogens with zero attached hydrogens (tertiary/aromatic N) is 1. The van der Waals surface area contributed by atoms with E-state index >= 15 is 0 Å². The molecule has 2 amide bonds. The van der Waals surface area contributed by atoms with Crippen molar-refractivity contribution in [3.8, 4) is 11.5 Å². The van der Waals surface area contributed by atoms with Crippen molar-refractivity contribution in [1.82, 2.24) is 5.32 Å². The molecular formula is C27H28N2O5. The van der Waals surface area contributed by atoms with Gasteiger partial charge in [0.2, 0.25) is 5.91 Å².